The number of alkyl halides is 3. The summed E-state index contributed by atoms with van der Waals surface area (Å²) in [4.78, 5) is 16.5. The van der Waals surface area contributed by atoms with Crippen LogP contribution in [0.2, 0.25) is 5.02 Å². The highest BCUT2D eigenvalue weighted by atomic mass is 35.5. The highest BCUT2D eigenvalue weighted by molar-refractivity contribution is 6.33. The number of esters is 1. The zero-order valence-corrected chi connectivity index (χ0v) is 11.9. The second-order valence-electron chi connectivity index (χ2n) is 4.32. The Kier molecular flexibility index (Phi) is 5.21. The van der Waals surface area contributed by atoms with Gasteiger partial charge in [-0.1, -0.05) is 11.6 Å². The maximum atomic E-state index is 12.5. The van der Waals surface area contributed by atoms with E-state index in [4.69, 9.17) is 11.6 Å². The third kappa shape index (κ3) is 4.00. The number of methoxy groups -OCH3 is 1. The second-order valence-corrected chi connectivity index (χ2v) is 4.73. The van der Waals surface area contributed by atoms with Crippen LogP contribution >= 0.6 is 11.6 Å². The van der Waals surface area contributed by atoms with Crippen LogP contribution in [-0.2, 0) is 15.7 Å². The molecule has 1 rings (SSSR count). The number of carbonyl (C=O) groups is 1. The minimum absolute atomic E-state index is 0.111. The molecule has 0 aromatic carbocycles. The molecule has 0 amide bonds. The minimum Gasteiger partial charge on any atom is -0.468 e. The molecule has 0 unspecified atom stereocenters. The van der Waals surface area contributed by atoms with Crippen LogP contribution in [0.4, 0.5) is 19.0 Å². The molecule has 1 aromatic rings. The van der Waals surface area contributed by atoms with Crippen molar-refractivity contribution in [2.45, 2.75) is 26.1 Å². The van der Waals surface area contributed by atoms with Crippen molar-refractivity contribution in [2.75, 3.05) is 18.6 Å². The van der Waals surface area contributed by atoms with Crippen molar-refractivity contribution in [2.24, 2.45) is 0 Å². The van der Waals surface area contributed by atoms with Crippen molar-refractivity contribution in [1.29, 1.82) is 0 Å². The Bertz CT molecular complexity index is 492. The first-order chi connectivity index (χ1) is 9.16. The van der Waals surface area contributed by atoms with Crippen LogP contribution in [0, 0.1) is 0 Å². The molecule has 0 fully saturated rings. The van der Waals surface area contributed by atoms with Crippen LogP contribution in [0.25, 0.3) is 0 Å². The average Bonchev–Trinajstić information content (AvgIpc) is 2.34. The van der Waals surface area contributed by atoms with Crippen molar-refractivity contribution in [3.8, 4) is 0 Å². The summed E-state index contributed by atoms with van der Waals surface area (Å²) in [6.45, 7) is 3.38. The van der Waals surface area contributed by atoms with Crippen LogP contribution in [0.1, 0.15) is 19.4 Å². The van der Waals surface area contributed by atoms with Gasteiger partial charge in [0.1, 0.15) is 12.4 Å². The van der Waals surface area contributed by atoms with Gasteiger partial charge in [-0.2, -0.15) is 13.2 Å². The van der Waals surface area contributed by atoms with Crippen molar-refractivity contribution >= 4 is 23.4 Å². The van der Waals surface area contributed by atoms with Gasteiger partial charge in [0.25, 0.3) is 0 Å². The number of rotatable bonds is 4. The normalized spacial score (nSPS) is 11.6. The van der Waals surface area contributed by atoms with E-state index in [0.29, 0.717) is 6.20 Å². The molecule has 0 saturated carbocycles. The zero-order valence-electron chi connectivity index (χ0n) is 11.2. The summed E-state index contributed by atoms with van der Waals surface area (Å²) in [6.07, 6.45) is -3.83. The first-order valence-corrected chi connectivity index (χ1v) is 6.10. The fourth-order valence-corrected chi connectivity index (χ4v) is 1.78. The number of pyridine rings is 1. The number of hydrogen-bond acceptors (Lipinski definition) is 4. The molecule has 0 N–H and O–H groups in total. The van der Waals surface area contributed by atoms with E-state index in [0.717, 1.165) is 6.07 Å². The Morgan fingerprint density at radius 1 is 1.50 bits per heavy atom. The van der Waals surface area contributed by atoms with Crippen molar-refractivity contribution in [3.63, 3.8) is 0 Å². The fraction of sp³-hybridized carbons (Fsp3) is 0.500. The average molecular weight is 311 g/mol. The van der Waals surface area contributed by atoms with Crippen molar-refractivity contribution in [3.05, 3.63) is 22.8 Å². The molecule has 0 spiro atoms. The van der Waals surface area contributed by atoms with Crippen molar-refractivity contribution < 1.29 is 22.7 Å². The lowest BCUT2D eigenvalue weighted by Gasteiger charge is -2.27. The molecule has 112 valence electrons. The molecule has 0 radical (unpaired) electrons. The summed E-state index contributed by atoms with van der Waals surface area (Å²) < 4.78 is 42.2. The fourth-order valence-electron chi connectivity index (χ4n) is 1.50. The van der Waals surface area contributed by atoms with E-state index < -0.39 is 17.7 Å². The van der Waals surface area contributed by atoms with E-state index in [1.807, 2.05) is 0 Å². The number of halogens is 4. The van der Waals surface area contributed by atoms with E-state index in [9.17, 15) is 18.0 Å². The molecule has 0 aliphatic heterocycles. The van der Waals surface area contributed by atoms with Crippen LogP contribution < -0.4 is 4.90 Å². The molecule has 0 saturated heterocycles. The summed E-state index contributed by atoms with van der Waals surface area (Å²) in [5, 5.41) is -0.169. The summed E-state index contributed by atoms with van der Waals surface area (Å²) >= 11 is 5.84. The number of aromatic nitrogens is 1. The van der Waals surface area contributed by atoms with E-state index >= 15 is 0 Å². The maximum absolute atomic E-state index is 12.5. The molecule has 0 aliphatic carbocycles. The Morgan fingerprint density at radius 3 is 2.50 bits per heavy atom. The molecule has 8 heteroatoms. The van der Waals surface area contributed by atoms with E-state index in [1.54, 1.807) is 13.8 Å². The van der Waals surface area contributed by atoms with Crippen LogP contribution in [0.15, 0.2) is 12.3 Å². The number of ether oxygens (including phenoxy) is 1. The first kappa shape index (κ1) is 16.6. The molecule has 4 nitrogen and oxygen atoms in total. The van der Waals surface area contributed by atoms with Gasteiger partial charge in [0.15, 0.2) is 0 Å². The van der Waals surface area contributed by atoms with Gasteiger partial charge in [-0.05, 0) is 19.9 Å². The Morgan fingerprint density at radius 2 is 2.10 bits per heavy atom. The summed E-state index contributed by atoms with van der Waals surface area (Å²) in [6, 6.07) is 0.604. The van der Waals surface area contributed by atoms with Gasteiger partial charge in [0, 0.05) is 12.2 Å². The number of carbonyl (C=O) groups excluding carboxylic acids is 1. The lowest BCUT2D eigenvalue weighted by molar-refractivity contribution is -0.139. The molecular weight excluding hydrogens is 297 g/mol. The van der Waals surface area contributed by atoms with Crippen LogP contribution in [0.5, 0.6) is 0 Å². The van der Waals surface area contributed by atoms with Gasteiger partial charge < -0.3 is 9.64 Å². The molecule has 20 heavy (non-hydrogen) atoms. The lowest BCUT2D eigenvalue weighted by Crippen LogP contribution is -2.37. The molecular formula is C12H14ClF3N2O2. The molecule has 0 aliphatic rings. The molecule has 1 aromatic heterocycles. The third-order valence-electron chi connectivity index (χ3n) is 2.57. The van der Waals surface area contributed by atoms with E-state index in [-0.39, 0.29) is 23.4 Å². The van der Waals surface area contributed by atoms with Gasteiger partial charge in [-0.3, -0.25) is 4.79 Å². The third-order valence-corrected chi connectivity index (χ3v) is 2.85. The van der Waals surface area contributed by atoms with Crippen molar-refractivity contribution in [1.82, 2.24) is 4.98 Å². The zero-order chi connectivity index (χ0) is 15.5. The van der Waals surface area contributed by atoms with Gasteiger partial charge in [-0.15, -0.1) is 0 Å². The van der Waals surface area contributed by atoms with Gasteiger partial charge in [0.05, 0.1) is 17.7 Å². The van der Waals surface area contributed by atoms with Gasteiger partial charge in [0.2, 0.25) is 0 Å². The first-order valence-electron chi connectivity index (χ1n) is 5.73. The highest BCUT2D eigenvalue weighted by Crippen LogP contribution is 2.33. The number of nitrogens with zero attached hydrogens (tertiary/aromatic N) is 2. The Balaban J connectivity index is 3.12. The number of anilines is 1. The largest absolute Gasteiger partial charge is 0.468 e. The minimum atomic E-state index is -4.51. The molecule has 0 bridgehead atoms. The second kappa shape index (κ2) is 6.30. The van der Waals surface area contributed by atoms with Gasteiger partial charge in [-0.25, -0.2) is 4.98 Å². The predicted octanol–water partition coefficient (Wildman–Crippen LogP) is 3.14. The molecule has 1 heterocycles. The Hall–Kier alpha value is -1.50. The quantitative estimate of drug-likeness (QED) is 0.801. The smallest absolute Gasteiger partial charge is 0.417 e. The molecule has 0 atom stereocenters. The monoisotopic (exact) mass is 310 g/mol. The van der Waals surface area contributed by atoms with Gasteiger partial charge >= 0.3 is 12.1 Å². The predicted molar refractivity (Wildman–Crippen MR) is 68.7 cm³/mol. The summed E-state index contributed by atoms with van der Waals surface area (Å²) in [5.41, 5.74) is -0.937. The summed E-state index contributed by atoms with van der Waals surface area (Å²) in [7, 11) is 1.22. The maximum Gasteiger partial charge on any atom is 0.417 e. The standard InChI is InChI=1S/C12H14ClF3N2O2/c1-7(2)18(6-10(19)20-3)11-9(13)4-8(5-17-11)12(14,15)16/h4-5,7H,6H2,1-3H3. The van der Waals surface area contributed by atoms with E-state index in [2.05, 4.69) is 9.72 Å². The highest BCUT2D eigenvalue weighted by Gasteiger charge is 2.32. The Labute approximate surface area is 119 Å². The SMILES string of the molecule is COC(=O)CN(c1ncc(C(F)(F)F)cc1Cl)C(C)C. The van der Waals surface area contributed by atoms with Crippen LogP contribution in [0.3, 0.4) is 0 Å². The summed E-state index contributed by atoms with van der Waals surface area (Å²) in [5.74, 6) is -0.420. The number of hydrogen-bond donors (Lipinski definition) is 0. The van der Waals surface area contributed by atoms with E-state index in [1.165, 1.54) is 12.0 Å². The lowest BCUT2D eigenvalue weighted by atomic mass is 10.2. The van der Waals surface area contributed by atoms with Crippen LogP contribution in [-0.4, -0.2) is 30.6 Å². The topological polar surface area (TPSA) is 42.4 Å².